The number of carbonyl (C=O) groups is 1. The molecule has 0 fully saturated rings. The summed E-state index contributed by atoms with van der Waals surface area (Å²) in [6.45, 7) is 3.76. The van der Waals surface area contributed by atoms with Gasteiger partial charge in [0.15, 0.2) is 11.5 Å². The van der Waals surface area contributed by atoms with E-state index in [1.54, 1.807) is 19.2 Å². The fourth-order valence-corrected chi connectivity index (χ4v) is 4.09. The van der Waals surface area contributed by atoms with Crippen molar-refractivity contribution in [3.63, 3.8) is 0 Å². The third-order valence-corrected chi connectivity index (χ3v) is 5.74. The molecule has 1 atom stereocenters. The second-order valence-corrected chi connectivity index (χ2v) is 7.91. The van der Waals surface area contributed by atoms with E-state index in [0.717, 1.165) is 16.5 Å². The Balaban J connectivity index is 1.53. The normalized spacial score (nSPS) is 12.1. The number of hydrogen-bond acceptors (Lipinski definition) is 5. The fourth-order valence-electron chi connectivity index (χ4n) is 4.09. The quantitative estimate of drug-likeness (QED) is 0.431. The van der Waals surface area contributed by atoms with Gasteiger partial charge in [0.1, 0.15) is 5.58 Å². The molecule has 2 aromatic carbocycles. The first-order valence-corrected chi connectivity index (χ1v) is 10.4. The van der Waals surface area contributed by atoms with Crippen LogP contribution in [0.4, 0.5) is 0 Å². The van der Waals surface area contributed by atoms with Crippen molar-refractivity contribution in [2.75, 3.05) is 14.2 Å². The molecule has 2 aromatic heterocycles. The predicted molar refractivity (Wildman–Crippen MR) is 124 cm³/mol. The van der Waals surface area contributed by atoms with E-state index in [2.05, 4.69) is 16.4 Å². The van der Waals surface area contributed by atoms with Crippen molar-refractivity contribution >= 4 is 27.8 Å². The Morgan fingerprint density at radius 1 is 1.12 bits per heavy atom. The molecule has 4 aromatic rings. The largest absolute Gasteiger partial charge is 0.493 e. The number of hydrogen-bond donors (Lipinski definition) is 2. The van der Waals surface area contributed by atoms with Gasteiger partial charge in [-0.2, -0.15) is 0 Å². The van der Waals surface area contributed by atoms with Crippen LogP contribution >= 0.6 is 0 Å². The first kappa shape index (κ1) is 21.5. The smallest absolute Gasteiger partial charge is 0.340 e. The van der Waals surface area contributed by atoms with Crippen LogP contribution in [0.15, 0.2) is 51.8 Å². The van der Waals surface area contributed by atoms with Crippen molar-refractivity contribution in [1.29, 1.82) is 0 Å². The summed E-state index contributed by atoms with van der Waals surface area (Å²) in [5.74, 6) is 0.770. The molecule has 1 unspecified atom stereocenters. The maximum absolute atomic E-state index is 12.7. The van der Waals surface area contributed by atoms with E-state index in [4.69, 9.17) is 13.9 Å². The molecule has 0 bridgehead atoms. The summed E-state index contributed by atoms with van der Waals surface area (Å²) in [4.78, 5) is 28.6. The Labute approximate surface area is 185 Å². The third-order valence-electron chi connectivity index (χ3n) is 5.74. The zero-order valence-electron chi connectivity index (χ0n) is 18.6. The van der Waals surface area contributed by atoms with E-state index in [1.165, 1.54) is 7.11 Å². The number of fused-ring (bicyclic) bond motifs is 2. The highest BCUT2D eigenvalue weighted by Gasteiger charge is 2.19. The van der Waals surface area contributed by atoms with Crippen LogP contribution in [-0.4, -0.2) is 31.2 Å². The summed E-state index contributed by atoms with van der Waals surface area (Å²) in [5.41, 5.74) is 3.09. The highest BCUT2D eigenvalue weighted by atomic mass is 16.5. The van der Waals surface area contributed by atoms with E-state index >= 15 is 0 Å². The lowest BCUT2D eigenvalue weighted by Gasteiger charge is -2.15. The van der Waals surface area contributed by atoms with Crippen LogP contribution < -0.4 is 20.4 Å². The minimum Gasteiger partial charge on any atom is -0.493 e. The van der Waals surface area contributed by atoms with Crippen LogP contribution in [0.3, 0.4) is 0 Å². The molecule has 166 valence electrons. The molecule has 7 nitrogen and oxygen atoms in total. The number of nitrogens with one attached hydrogen (secondary N) is 2. The van der Waals surface area contributed by atoms with Gasteiger partial charge < -0.3 is 24.2 Å². The predicted octanol–water partition coefficient (Wildman–Crippen LogP) is 3.89. The number of amides is 1. The van der Waals surface area contributed by atoms with Crippen LogP contribution in [-0.2, 0) is 17.6 Å². The van der Waals surface area contributed by atoms with Gasteiger partial charge in [0.05, 0.1) is 26.2 Å². The standard InChI is InChI=1S/C25H26N2O5/c1-14(9-16-13-26-20-8-6-5-7-17(16)20)27-24(28)11-19-15(2)18-10-22(30-3)23(31-4)12-21(18)32-25(19)29/h5-8,10,12-14,26H,9,11H2,1-4H3,(H,27,28). The van der Waals surface area contributed by atoms with E-state index < -0.39 is 5.63 Å². The number of rotatable bonds is 7. The molecular formula is C25H26N2O5. The molecular weight excluding hydrogens is 408 g/mol. The van der Waals surface area contributed by atoms with Gasteiger partial charge in [-0.25, -0.2) is 4.79 Å². The Hall–Kier alpha value is -3.74. The second-order valence-electron chi connectivity index (χ2n) is 7.91. The van der Waals surface area contributed by atoms with Gasteiger partial charge in [0, 0.05) is 34.6 Å². The van der Waals surface area contributed by atoms with Crippen LogP contribution in [0.2, 0.25) is 0 Å². The summed E-state index contributed by atoms with van der Waals surface area (Å²) < 4.78 is 16.1. The van der Waals surface area contributed by atoms with Crippen LogP contribution in [0.5, 0.6) is 11.5 Å². The lowest BCUT2D eigenvalue weighted by Crippen LogP contribution is -2.36. The van der Waals surface area contributed by atoms with Gasteiger partial charge in [-0.05, 0) is 43.5 Å². The van der Waals surface area contributed by atoms with Crippen LogP contribution in [0, 0.1) is 6.92 Å². The lowest BCUT2D eigenvalue weighted by atomic mass is 10.0. The van der Waals surface area contributed by atoms with Gasteiger partial charge in [-0.1, -0.05) is 18.2 Å². The Bertz CT molecular complexity index is 1350. The van der Waals surface area contributed by atoms with Crippen molar-refractivity contribution in [3.8, 4) is 11.5 Å². The molecule has 2 heterocycles. The van der Waals surface area contributed by atoms with Gasteiger partial charge >= 0.3 is 5.63 Å². The number of H-pyrrole nitrogens is 1. The van der Waals surface area contributed by atoms with E-state index in [1.807, 2.05) is 38.2 Å². The molecule has 2 N–H and O–H groups in total. The monoisotopic (exact) mass is 434 g/mol. The number of aromatic nitrogens is 1. The number of benzene rings is 2. The highest BCUT2D eigenvalue weighted by Crippen LogP contribution is 2.33. The number of ether oxygens (including phenoxy) is 2. The first-order valence-electron chi connectivity index (χ1n) is 10.4. The second kappa shape index (κ2) is 8.78. The zero-order chi connectivity index (χ0) is 22.8. The third kappa shape index (κ3) is 4.06. The number of aryl methyl sites for hydroxylation is 1. The molecule has 7 heteroatoms. The summed E-state index contributed by atoms with van der Waals surface area (Å²) in [5, 5.41) is 4.84. The van der Waals surface area contributed by atoms with Crippen LogP contribution in [0.1, 0.15) is 23.6 Å². The molecule has 0 radical (unpaired) electrons. The fraction of sp³-hybridized carbons (Fsp3) is 0.280. The molecule has 4 rings (SSSR count). The first-order chi connectivity index (χ1) is 15.4. The average molecular weight is 434 g/mol. The maximum atomic E-state index is 12.7. The lowest BCUT2D eigenvalue weighted by molar-refractivity contribution is -0.121. The van der Waals surface area contributed by atoms with E-state index in [-0.39, 0.29) is 18.4 Å². The molecule has 0 spiro atoms. The molecule has 0 aliphatic carbocycles. The molecule has 32 heavy (non-hydrogen) atoms. The number of carbonyl (C=O) groups excluding carboxylic acids is 1. The molecule has 0 saturated carbocycles. The van der Waals surface area contributed by atoms with Crippen LogP contribution in [0.25, 0.3) is 21.9 Å². The topological polar surface area (TPSA) is 93.6 Å². The summed E-state index contributed by atoms with van der Waals surface area (Å²) in [7, 11) is 3.06. The van der Waals surface area contributed by atoms with Gasteiger partial charge in [-0.15, -0.1) is 0 Å². The number of methoxy groups -OCH3 is 2. The summed E-state index contributed by atoms with van der Waals surface area (Å²) in [6.07, 6.45) is 2.59. The van der Waals surface area contributed by atoms with Gasteiger partial charge in [0.25, 0.3) is 0 Å². The minimum absolute atomic E-state index is 0.0589. The summed E-state index contributed by atoms with van der Waals surface area (Å²) >= 11 is 0. The van der Waals surface area contributed by atoms with Crippen molar-refractivity contribution in [3.05, 3.63) is 69.7 Å². The molecule has 0 saturated heterocycles. The van der Waals surface area contributed by atoms with E-state index in [9.17, 15) is 9.59 Å². The minimum atomic E-state index is -0.526. The summed E-state index contributed by atoms with van der Waals surface area (Å²) in [6, 6.07) is 11.3. The zero-order valence-corrected chi connectivity index (χ0v) is 18.6. The van der Waals surface area contributed by atoms with Gasteiger partial charge in [-0.3, -0.25) is 4.79 Å². The Morgan fingerprint density at radius 3 is 2.59 bits per heavy atom. The molecule has 0 aliphatic rings. The average Bonchev–Trinajstić information content (AvgIpc) is 3.18. The Morgan fingerprint density at radius 2 is 1.84 bits per heavy atom. The number of aromatic amines is 1. The van der Waals surface area contributed by atoms with Crippen molar-refractivity contribution in [2.24, 2.45) is 0 Å². The molecule has 0 aliphatic heterocycles. The maximum Gasteiger partial charge on any atom is 0.340 e. The van der Waals surface area contributed by atoms with Gasteiger partial charge in [0.2, 0.25) is 5.91 Å². The number of para-hydroxylation sites is 1. The SMILES string of the molecule is COc1cc2oc(=O)c(CC(=O)NC(C)Cc3c[nH]c4ccccc34)c(C)c2cc1OC. The van der Waals surface area contributed by atoms with E-state index in [0.29, 0.717) is 40.0 Å². The Kier molecular flexibility index (Phi) is 5.90. The van der Waals surface area contributed by atoms with Crippen molar-refractivity contribution in [2.45, 2.75) is 32.7 Å². The van der Waals surface area contributed by atoms with Crippen molar-refractivity contribution < 1.29 is 18.7 Å². The highest BCUT2D eigenvalue weighted by molar-refractivity contribution is 5.87. The molecule has 1 amide bonds. The van der Waals surface area contributed by atoms with Crippen molar-refractivity contribution in [1.82, 2.24) is 10.3 Å².